The standard InChI is InChI=1S/C10H16O4/c1-8(10(13)14-2)9(12)6-4-3-5-7-11/h11H,1,3-7H2,2H3. The Hall–Kier alpha value is -1.16. The number of aliphatic hydroxyl groups excluding tert-OH is 1. The number of methoxy groups -OCH3 is 1. The summed E-state index contributed by atoms with van der Waals surface area (Å²) in [5, 5.41) is 8.49. The van der Waals surface area contributed by atoms with Gasteiger partial charge in [0.2, 0.25) is 0 Å². The monoisotopic (exact) mass is 200 g/mol. The van der Waals surface area contributed by atoms with Crippen molar-refractivity contribution in [2.75, 3.05) is 13.7 Å². The lowest BCUT2D eigenvalue weighted by Crippen LogP contribution is -2.13. The molecule has 1 N–H and O–H groups in total. The average molecular weight is 200 g/mol. The highest BCUT2D eigenvalue weighted by Gasteiger charge is 2.14. The number of carbonyl (C=O) groups is 2. The Morgan fingerprint density at radius 3 is 2.43 bits per heavy atom. The Bertz CT molecular complexity index is 220. The van der Waals surface area contributed by atoms with Crippen LogP contribution in [0.5, 0.6) is 0 Å². The molecule has 0 radical (unpaired) electrons. The van der Waals surface area contributed by atoms with E-state index in [1.807, 2.05) is 0 Å². The van der Waals surface area contributed by atoms with Gasteiger partial charge in [0.1, 0.15) is 0 Å². The maximum atomic E-state index is 11.2. The van der Waals surface area contributed by atoms with Gasteiger partial charge in [-0.1, -0.05) is 13.0 Å². The minimum absolute atomic E-state index is 0.100. The van der Waals surface area contributed by atoms with Gasteiger partial charge < -0.3 is 9.84 Å². The van der Waals surface area contributed by atoms with Gasteiger partial charge in [0.05, 0.1) is 12.7 Å². The Morgan fingerprint density at radius 1 is 1.29 bits per heavy atom. The summed E-state index contributed by atoms with van der Waals surface area (Å²) in [5.74, 6) is -0.952. The van der Waals surface area contributed by atoms with Gasteiger partial charge in [0.15, 0.2) is 5.78 Å². The third-order valence-electron chi connectivity index (χ3n) is 1.83. The topological polar surface area (TPSA) is 63.6 Å². The molecule has 0 fully saturated rings. The SMILES string of the molecule is C=C(C(=O)CCCCCO)C(=O)OC. The van der Waals surface area contributed by atoms with Gasteiger partial charge in [-0.05, 0) is 12.8 Å². The molecule has 0 aliphatic rings. The van der Waals surface area contributed by atoms with Crippen molar-refractivity contribution in [1.29, 1.82) is 0 Å². The predicted molar refractivity (Wildman–Crippen MR) is 51.7 cm³/mol. The van der Waals surface area contributed by atoms with Crippen LogP contribution >= 0.6 is 0 Å². The van der Waals surface area contributed by atoms with Gasteiger partial charge in [-0.15, -0.1) is 0 Å². The van der Waals surface area contributed by atoms with Gasteiger partial charge in [0, 0.05) is 13.0 Å². The number of unbranched alkanes of at least 4 members (excludes halogenated alkanes) is 2. The lowest BCUT2D eigenvalue weighted by atomic mass is 10.1. The molecule has 80 valence electrons. The van der Waals surface area contributed by atoms with E-state index in [1.54, 1.807) is 0 Å². The molecule has 4 nitrogen and oxygen atoms in total. The van der Waals surface area contributed by atoms with E-state index in [9.17, 15) is 9.59 Å². The summed E-state index contributed by atoms with van der Waals surface area (Å²) in [6.07, 6.45) is 2.40. The number of esters is 1. The molecule has 0 aliphatic carbocycles. The largest absolute Gasteiger partial charge is 0.465 e. The first kappa shape index (κ1) is 12.8. The Morgan fingerprint density at radius 2 is 1.93 bits per heavy atom. The van der Waals surface area contributed by atoms with Crippen LogP contribution in [0.25, 0.3) is 0 Å². The minimum atomic E-state index is -0.669. The highest BCUT2D eigenvalue weighted by atomic mass is 16.5. The van der Waals surface area contributed by atoms with Crippen LogP contribution in [0.1, 0.15) is 25.7 Å². The highest BCUT2D eigenvalue weighted by molar-refractivity contribution is 6.16. The molecule has 4 heteroatoms. The summed E-state index contributed by atoms with van der Waals surface area (Å²) in [5.41, 5.74) is -0.100. The molecule has 0 atom stereocenters. The summed E-state index contributed by atoms with van der Waals surface area (Å²) in [6, 6.07) is 0. The van der Waals surface area contributed by atoms with E-state index in [2.05, 4.69) is 11.3 Å². The molecule has 14 heavy (non-hydrogen) atoms. The van der Waals surface area contributed by atoms with Crippen LogP contribution in [-0.4, -0.2) is 30.6 Å². The fraction of sp³-hybridized carbons (Fsp3) is 0.600. The fourth-order valence-electron chi connectivity index (χ4n) is 0.962. The van der Waals surface area contributed by atoms with E-state index < -0.39 is 5.97 Å². The molecule has 0 saturated carbocycles. The Balaban J connectivity index is 3.74. The van der Waals surface area contributed by atoms with Gasteiger partial charge in [-0.25, -0.2) is 4.79 Å². The van der Waals surface area contributed by atoms with E-state index >= 15 is 0 Å². The van der Waals surface area contributed by atoms with Crippen LogP contribution < -0.4 is 0 Å². The molecule has 0 aromatic rings. The smallest absolute Gasteiger partial charge is 0.340 e. The van der Waals surface area contributed by atoms with Crippen molar-refractivity contribution in [2.45, 2.75) is 25.7 Å². The summed E-state index contributed by atoms with van der Waals surface area (Å²) in [7, 11) is 1.21. The third kappa shape index (κ3) is 4.77. The average Bonchev–Trinajstić information content (AvgIpc) is 2.21. The summed E-state index contributed by atoms with van der Waals surface area (Å²) in [6.45, 7) is 3.48. The van der Waals surface area contributed by atoms with Crippen LogP contribution in [-0.2, 0) is 14.3 Å². The zero-order chi connectivity index (χ0) is 11.0. The molecule has 0 aromatic carbocycles. The van der Waals surface area contributed by atoms with Crippen LogP contribution in [0.15, 0.2) is 12.2 Å². The van der Waals surface area contributed by atoms with Crippen molar-refractivity contribution in [2.24, 2.45) is 0 Å². The Labute approximate surface area is 83.6 Å². The van der Waals surface area contributed by atoms with Crippen molar-refractivity contribution < 1.29 is 19.4 Å². The molecule has 0 spiro atoms. The van der Waals surface area contributed by atoms with Crippen molar-refractivity contribution in [3.8, 4) is 0 Å². The minimum Gasteiger partial charge on any atom is -0.465 e. The number of rotatable bonds is 7. The first-order valence-corrected chi connectivity index (χ1v) is 4.54. The van der Waals surface area contributed by atoms with E-state index in [0.29, 0.717) is 12.8 Å². The van der Waals surface area contributed by atoms with E-state index in [4.69, 9.17) is 5.11 Å². The maximum Gasteiger partial charge on any atom is 0.340 e. The van der Waals surface area contributed by atoms with Crippen LogP contribution in [0.4, 0.5) is 0 Å². The van der Waals surface area contributed by atoms with E-state index in [1.165, 1.54) is 7.11 Å². The molecular weight excluding hydrogens is 184 g/mol. The van der Waals surface area contributed by atoms with Crippen molar-refractivity contribution >= 4 is 11.8 Å². The van der Waals surface area contributed by atoms with Gasteiger partial charge >= 0.3 is 5.97 Å². The normalized spacial score (nSPS) is 9.57. The molecule has 0 heterocycles. The second-order valence-corrected chi connectivity index (χ2v) is 2.93. The quantitative estimate of drug-likeness (QED) is 0.217. The number of ether oxygens (including phenoxy) is 1. The number of ketones is 1. The maximum absolute atomic E-state index is 11.2. The molecule has 0 rings (SSSR count). The number of aliphatic hydroxyl groups is 1. The second-order valence-electron chi connectivity index (χ2n) is 2.93. The molecular formula is C10H16O4. The van der Waals surface area contributed by atoms with E-state index in [0.717, 1.165) is 6.42 Å². The molecule has 0 unspecified atom stereocenters. The molecule has 0 amide bonds. The summed E-state index contributed by atoms with van der Waals surface area (Å²) in [4.78, 5) is 22.1. The number of hydrogen-bond donors (Lipinski definition) is 1. The van der Waals surface area contributed by atoms with Crippen molar-refractivity contribution in [3.05, 3.63) is 12.2 Å². The fourth-order valence-corrected chi connectivity index (χ4v) is 0.962. The summed E-state index contributed by atoms with van der Waals surface area (Å²) < 4.78 is 4.36. The molecule has 0 saturated heterocycles. The highest BCUT2D eigenvalue weighted by Crippen LogP contribution is 2.05. The predicted octanol–water partition coefficient (Wildman–Crippen LogP) is 0.837. The first-order valence-electron chi connectivity index (χ1n) is 4.54. The van der Waals surface area contributed by atoms with Gasteiger partial charge in [0.25, 0.3) is 0 Å². The van der Waals surface area contributed by atoms with Crippen LogP contribution in [0, 0.1) is 0 Å². The zero-order valence-corrected chi connectivity index (χ0v) is 8.41. The number of hydrogen-bond acceptors (Lipinski definition) is 4. The third-order valence-corrected chi connectivity index (χ3v) is 1.83. The number of Topliss-reactive ketones (excluding diaryl/α,β-unsaturated/α-hetero) is 1. The zero-order valence-electron chi connectivity index (χ0n) is 8.41. The summed E-state index contributed by atoms with van der Waals surface area (Å²) >= 11 is 0. The van der Waals surface area contributed by atoms with Crippen molar-refractivity contribution in [3.63, 3.8) is 0 Å². The molecule has 0 bridgehead atoms. The lowest BCUT2D eigenvalue weighted by Gasteiger charge is -2.02. The van der Waals surface area contributed by atoms with Gasteiger partial charge in [-0.3, -0.25) is 4.79 Å². The van der Waals surface area contributed by atoms with Gasteiger partial charge in [-0.2, -0.15) is 0 Å². The van der Waals surface area contributed by atoms with Crippen LogP contribution in [0.3, 0.4) is 0 Å². The van der Waals surface area contributed by atoms with Crippen LogP contribution in [0.2, 0.25) is 0 Å². The molecule has 0 aromatic heterocycles. The van der Waals surface area contributed by atoms with E-state index in [-0.39, 0.29) is 24.4 Å². The lowest BCUT2D eigenvalue weighted by molar-refractivity contribution is -0.137. The second kappa shape index (κ2) is 7.26. The Kier molecular flexibility index (Phi) is 6.66. The van der Waals surface area contributed by atoms with Crippen molar-refractivity contribution in [1.82, 2.24) is 0 Å². The number of carbonyl (C=O) groups excluding carboxylic acids is 2. The first-order chi connectivity index (χ1) is 6.63. The molecule has 0 aliphatic heterocycles.